The fraction of sp³-hybridized carbons (Fsp3) is 0.467. The fourth-order valence-electron chi connectivity index (χ4n) is 7.19. The fourth-order valence-corrected chi connectivity index (χ4v) is 7.55. The molecular weight excluding hydrogens is 598 g/mol. The van der Waals surface area contributed by atoms with Gasteiger partial charge in [-0.15, -0.1) is 0 Å². The van der Waals surface area contributed by atoms with E-state index in [4.69, 9.17) is 0 Å². The zero-order valence-corrected chi connectivity index (χ0v) is 23.7. The van der Waals surface area contributed by atoms with E-state index in [0.29, 0.717) is 39.7 Å². The van der Waals surface area contributed by atoms with Crippen LogP contribution >= 0.6 is 15.9 Å². The van der Waals surface area contributed by atoms with E-state index in [1.165, 1.54) is 0 Å². The predicted molar refractivity (Wildman–Crippen MR) is 147 cm³/mol. The lowest BCUT2D eigenvalue weighted by Crippen LogP contribution is -2.70. The average molecular weight is 627 g/mol. The third-order valence-electron chi connectivity index (χ3n) is 9.12. The van der Waals surface area contributed by atoms with Gasteiger partial charge >= 0.3 is 0 Å². The Morgan fingerprint density at radius 3 is 2.66 bits per heavy atom. The summed E-state index contributed by atoms with van der Waals surface area (Å²) < 4.78 is 31.2. The van der Waals surface area contributed by atoms with Crippen LogP contribution in [0.5, 0.6) is 0 Å². The highest BCUT2D eigenvalue weighted by atomic mass is 79.9. The van der Waals surface area contributed by atoms with Gasteiger partial charge in [0.05, 0.1) is 12.0 Å². The summed E-state index contributed by atoms with van der Waals surface area (Å²) in [5, 5.41) is 27.3. The number of nitrogens with zero attached hydrogens (tertiary/aromatic N) is 2. The number of fused-ring (bicyclic) bond motifs is 6. The number of hydrogen-bond acceptors (Lipinski definition) is 5. The zero-order valence-electron chi connectivity index (χ0n) is 22.1. The second kappa shape index (κ2) is 10.2. The van der Waals surface area contributed by atoms with Crippen LogP contribution in [0.15, 0.2) is 46.9 Å². The van der Waals surface area contributed by atoms with E-state index in [-0.39, 0.29) is 25.2 Å². The maximum absolute atomic E-state index is 15.3. The molecule has 2 bridgehead atoms. The van der Waals surface area contributed by atoms with Crippen molar-refractivity contribution in [3.8, 4) is 17.2 Å². The number of piperidine rings is 3. The Morgan fingerprint density at radius 2 is 1.93 bits per heavy atom. The predicted octanol–water partition coefficient (Wildman–Crippen LogP) is 3.60. The molecule has 41 heavy (non-hydrogen) atoms. The van der Waals surface area contributed by atoms with E-state index in [2.05, 4.69) is 26.6 Å². The summed E-state index contributed by atoms with van der Waals surface area (Å²) in [4.78, 5) is 41.7. The van der Waals surface area contributed by atoms with E-state index in [0.717, 1.165) is 11.3 Å². The molecule has 2 aromatic rings. The Hall–Kier alpha value is -3.36. The monoisotopic (exact) mass is 626 g/mol. The first kappa shape index (κ1) is 27.8. The van der Waals surface area contributed by atoms with Crippen LogP contribution in [-0.4, -0.2) is 58.3 Å². The quantitative estimate of drug-likeness (QED) is 0.468. The van der Waals surface area contributed by atoms with Gasteiger partial charge < -0.3 is 20.6 Å². The number of carbonyl (C=O) groups excluding carboxylic acids is 3. The van der Waals surface area contributed by atoms with E-state index >= 15 is 8.78 Å². The van der Waals surface area contributed by atoms with Gasteiger partial charge in [-0.1, -0.05) is 46.3 Å². The van der Waals surface area contributed by atoms with Crippen molar-refractivity contribution in [1.82, 2.24) is 15.5 Å². The lowest BCUT2D eigenvalue weighted by Gasteiger charge is -2.54. The minimum Gasteiger partial charge on any atom is -0.372 e. The van der Waals surface area contributed by atoms with Gasteiger partial charge in [0.2, 0.25) is 11.8 Å². The topological polar surface area (TPSA) is 123 Å². The molecule has 3 saturated heterocycles. The molecule has 2 aromatic carbocycles. The average Bonchev–Trinajstić information content (AvgIpc) is 3.21. The highest BCUT2D eigenvalue weighted by molar-refractivity contribution is 9.10. The number of nitrogens with one attached hydrogen (secondary N) is 2. The van der Waals surface area contributed by atoms with Gasteiger partial charge in [0.25, 0.3) is 11.8 Å². The highest BCUT2D eigenvalue weighted by Gasteiger charge is 2.63. The molecule has 7 rings (SSSR count). The molecule has 8 nitrogen and oxygen atoms in total. The number of aliphatic hydroxyl groups is 1. The summed E-state index contributed by atoms with van der Waals surface area (Å²) in [5.74, 6) is -7.09. The van der Waals surface area contributed by atoms with Gasteiger partial charge in [-0.2, -0.15) is 5.26 Å². The summed E-state index contributed by atoms with van der Waals surface area (Å²) in [6.45, 7) is 0.544. The molecule has 0 unspecified atom stereocenters. The molecule has 3 heterocycles. The van der Waals surface area contributed by atoms with Crippen molar-refractivity contribution in [3.63, 3.8) is 0 Å². The summed E-state index contributed by atoms with van der Waals surface area (Å²) in [5.41, 5.74) is -0.277. The summed E-state index contributed by atoms with van der Waals surface area (Å²) >= 11 is 3.41. The molecule has 3 aliphatic heterocycles. The molecule has 4 fully saturated rings. The molecule has 5 aliphatic rings. The number of alkyl halides is 2. The van der Waals surface area contributed by atoms with Gasteiger partial charge in [0, 0.05) is 40.5 Å². The highest BCUT2D eigenvalue weighted by Crippen LogP contribution is 2.54. The zero-order chi connectivity index (χ0) is 29.1. The first-order chi connectivity index (χ1) is 19.6. The van der Waals surface area contributed by atoms with Crippen molar-refractivity contribution in [2.24, 2.45) is 11.8 Å². The third-order valence-corrected chi connectivity index (χ3v) is 9.61. The Bertz CT molecular complexity index is 1480. The molecule has 0 spiro atoms. The molecule has 1 saturated carbocycles. The largest absolute Gasteiger partial charge is 0.372 e. The van der Waals surface area contributed by atoms with Crippen LogP contribution in [0.3, 0.4) is 0 Å². The Kier molecular flexibility index (Phi) is 6.90. The van der Waals surface area contributed by atoms with Gasteiger partial charge in [-0.3, -0.25) is 14.4 Å². The van der Waals surface area contributed by atoms with Crippen LogP contribution in [-0.2, 0) is 20.0 Å². The smallest absolute Gasteiger partial charge is 0.264 e. The van der Waals surface area contributed by atoms with Crippen molar-refractivity contribution in [1.29, 1.82) is 5.26 Å². The number of hydrogen-bond donors (Lipinski definition) is 3. The van der Waals surface area contributed by atoms with Crippen molar-refractivity contribution in [3.05, 3.63) is 58.1 Å². The summed E-state index contributed by atoms with van der Waals surface area (Å²) in [6, 6.07) is 10.4. The van der Waals surface area contributed by atoms with Gasteiger partial charge in [0.15, 0.2) is 5.60 Å². The van der Waals surface area contributed by atoms with Gasteiger partial charge in [-0.25, -0.2) is 8.78 Å². The standard InChI is InChI=1S/C30H29BrF2N4O4/c31-17-7-9-21-20-5-1-2-6-22(20)30(41,24(21)13-17)28(40)37-19-8-10-23(29(32,33)14-19)25(37)27(39)36-18(15-34)12-16-4-3-11-35-26(16)38/h1-2,5-7,9,13,16,18-19,23,25,41H,3-4,8,10-12,14H2,(H,35,38)(H,36,39)/t16-,18+,19-,23-,25+,30-/m1/s1. The first-order valence-electron chi connectivity index (χ1n) is 13.9. The van der Waals surface area contributed by atoms with Crippen LogP contribution < -0.4 is 10.6 Å². The molecule has 214 valence electrons. The van der Waals surface area contributed by atoms with Crippen molar-refractivity contribution >= 4 is 33.7 Å². The number of rotatable bonds is 5. The van der Waals surface area contributed by atoms with E-state index in [9.17, 15) is 24.8 Å². The van der Waals surface area contributed by atoms with Crippen LogP contribution in [0.25, 0.3) is 11.1 Å². The minimum atomic E-state index is -3.20. The van der Waals surface area contributed by atoms with Crippen molar-refractivity contribution < 1.29 is 28.3 Å². The van der Waals surface area contributed by atoms with E-state index in [1.807, 2.05) is 6.07 Å². The molecule has 11 heteroatoms. The number of nitriles is 1. The van der Waals surface area contributed by atoms with Crippen LogP contribution in [0.4, 0.5) is 8.78 Å². The second-order valence-corrected chi connectivity index (χ2v) is 12.4. The maximum atomic E-state index is 15.3. The van der Waals surface area contributed by atoms with Crippen LogP contribution in [0.2, 0.25) is 0 Å². The molecule has 3 N–H and O–H groups in total. The third kappa shape index (κ3) is 4.43. The first-order valence-corrected chi connectivity index (χ1v) is 14.7. The lowest BCUT2D eigenvalue weighted by atomic mass is 9.70. The van der Waals surface area contributed by atoms with Crippen molar-refractivity contribution in [2.75, 3.05) is 6.54 Å². The summed E-state index contributed by atoms with van der Waals surface area (Å²) in [6.07, 6.45) is 1.01. The number of halogens is 3. The Balaban J connectivity index is 1.36. The SMILES string of the molecule is N#C[C@H](C[C@H]1CCCNC1=O)NC(=O)[C@@H]1[C@H]2CC[C@H](CC2(F)F)N1C(=O)[C@@]1(O)c2ccccc2-c2ccc(Br)cc21. The Labute approximate surface area is 244 Å². The van der Waals surface area contributed by atoms with E-state index in [1.54, 1.807) is 42.5 Å². The molecule has 3 amide bonds. The molecule has 2 aliphatic carbocycles. The number of carbonyl (C=O) groups is 3. The minimum absolute atomic E-state index is 0.0267. The molecule has 6 atom stereocenters. The van der Waals surface area contributed by atoms with Crippen LogP contribution in [0.1, 0.15) is 49.7 Å². The number of benzene rings is 2. The second-order valence-electron chi connectivity index (χ2n) is 11.5. The van der Waals surface area contributed by atoms with Crippen LogP contribution in [0, 0.1) is 23.2 Å². The van der Waals surface area contributed by atoms with E-state index < -0.39 is 59.7 Å². The normalized spacial score (nSPS) is 30.0. The Morgan fingerprint density at radius 1 is 1.17 bits per heavy atom. The van der Waals surface area contributed by atoms with Gasteiger partial charge in [0.1, 0.15) is 12.1 Å². The lowest BCUT2D eigenvalue weighted by molar-refractivity contribution is -0.201. The molecule has 0 aromatic heterocycles. The number of amides is 3. The molecular formula is C30H29BrF2N4O4. The maximum Gasteiger partial charge on any atom is 0.264 e. The van der Waals surface area contributed by atoms with Crippen molar-refractivity contribution in [2.45, 2.75) is 68.2 Å². The van der Waals surface area contributed by atoms with Gasteiger partial charge in [-0.05, 0) is 55.4 Å². The summed E-state index contributed by atoms with van der Waals surface area (Å²) in [7, 11) is 0. The molecule has 0 radical (unpaired) electrons.